The van der Waals surface area contributed by atoms with Crippen LogP contribution in [0.25, 0.3) is 0 Å². The Kier molecular flexibility index (Phi) is 3.56. The lowest BCUT2D eigenvalue weighted by Gasteiger charge is -2.18. The summed E-state index contributed by atoms with van der Waals surface area (Å²) in [6.45, 7) is 1.01. The summed E-state index contributed by atoms with van der Waals surface area (Å²) in [5, 5.41) is 9.30. The third-order valence-corrected chi connectivity index (χ3v) is 1.48. The molecular formula is C7H10O5. The molecule has 5 heteroatoms. The van der Waals surface area contributed by atoms with Crippen LogP contribution in [0.2, 0.25) is 0 Å². The van der Waals surface area contributed by atoms with Crippen molar-refractivity contribution in [2.45, 2.75) is 18.9 Å². The van der Waals surface area contributed by atoms with Crippen LogP contribution in [0.3, 0.4) is 0 Å². The maximum Gasteiger partial charge on any atom is 0.346 e. The van der Waals surface area contributed by atoms with Crippen molar-refractivity contribution >= 4 is 18.0 Å². The molecule has 0 saturated carbocycles. The van der Waals surface area contributed by atoms with E-state index in [1.165, 1.54) is 0 Å². The van der Waals surface area contributed by atoms with Gasteiger partial charge in [-0.15, -0.1) is 0 Å². The second-order valence-corrected chi connectivity index (χ2v) is 2.28. The van der Waals surface area contributed by atoms with E-state index < -0.39 is 23.8 Å². The number of ether oxygens (including phenoxy) is 1. The van der Waals surface area contributed by atoms with Crippen LogP contribution in [0.15, 0.2) is 0 Å². The van der Waals surface area contributed by atoms with Crippen LogP contribution < -0.4 is 0 Å². The molecule has 0 heterocycles. The van der Waals surface area contributed by atoms with Crippen LogP contribution in [-0.4, -0.2) is 35.9 Å². The summed E-state index contributed by atoms with van der Waals surface area (Å²) in [7, 11) is 1.03. The van der Waals surface area contributed by atoms with E-state index in [1.807, 2.05) is 0 Å². The molecule has 1 unspecified atom stereocenters. The van der Waals surface area contributed by atoms with Crippen molar-refractivity contribution in [3.05, 3.63) is 0 Å². The average molecular weight is 174 g/mol. The average Bonchev–Trinajstić information content (AvgIpc) is 2.03. The van der Waals surface area contributed by atoms with Crippen LogP contribution in [0, 0.1) is 0 Å². The molecule has 0 aliphatic carbocycles. The maximum absolute atomic E-state index is 10.8. The molecule has 0 aliphatic heterocycles. The lowest BCUT2D eigenvalue weighted by atomic mass is 9.96. The fraction of sp³-hybridized carbons (Fsp3) is 0.571. The van der Waals surface area contributed by atoms with Gasteiger partial charge in [-0.2, -0.15) is 0 Å². The van der Waals surface area contributed by atoms with Crippen LogP contribution in [0.1, 0.15) is 13.3 Å². The van der Waals surface area contributed by atoms with E-state index in [9.17, 15) is 19.5 Å². The summed E-state index contributed by atoms with van der Waals surface area (Å²) < 4.78 is 4.16. The Morgan fingerprint density at radius 3 is 2.33 bits per heavy atom. The summed E-state index contributed by atoms with van der Waals surface area (Å²) >= 11 is 0. The minimum absolute atomic E-state index is 0.290. The first kappa shape index (κ1) is 10.8. The molecule has 0 amide bonds. The number of aldehydes is 1. The molecule has 0 aromatic rings. The van der Waals surface area contributed by atoms with Gasteiger partial charge in [0.1, 0.15) is 6.29 Å². The summed E-state index contributed by atoms with van der Waals surface area (Å²) in [4.78, 5) is 31.6. The summed E-state index contributed by atoms with van der Waals surface area (Å²) in [5.74, 6) is -1.91. The van der Waals surface area contributed by atoms with Crippen LogP contribution >= 0.6 is 0 Å². The third-order valence-electron chi connectivity index (χ3n) is 1.48. The number of hydrogen-bond acceptors (Lipinski definition) is 5. The van der Waals surface area contributed by atoms with Gasteiger partial charge in [-0.05, 0) is 6.92 Å². The number of rotatable bonds is 4. The molecule has 0 spiro atoms. The van der Waals surface area contributed by atoms with Gasteiger partial charge in [0.05, 0.1) is 13.5 Å². The SMILES string of the molecule is COC(=O)C(O)(CC=O)C(C)=O. The molecule has 0 fully saturated rings. The van der Waals surface area contributed by atoms with Crippen LogP contribution in [-0.2, 0) is 19.1 Å². The number of Topliss-reactive ketones (excluding diaryl/α,β-unsaturated/α-hetero) is 1. The van der Waals surface area contributed by atoms with Gasteiger partial charge in [-0.3, -0.25) is 4.79 Å². The van der Waals surface area contributed by atoms with E-state index >= 15 is 0 Å². The zero-order chi connectivity index (χ0) is 9.78. The molecule has 0 radical (unpaired) electrons. The Labute approximate surface area is 69.3 Å². The molecule has 5 nitrogen and oxygen atoms in total. The number of hydrogen-bond donors (Lipinski definition) is 1. The molecule has 0 rings (SSSR count). The first-order chi connectivity index (χ1) is 5.49. The largest absolute Gasteiger partial charge is 0.467 e. The number of aliphatic hydroxyl groups is 1. The smallest absolute Gasteiger partial charge is 0.346 e. The van der Waals surface area contributed by atoms with E-state index in [2.05, 4.69) is 4.74 Å². The Hall–Kier alpha value is -1.23. The van der Waals surface area contributed by atoms with E-state index in [1.54, 1.807) is 0 Å². The van der Waals surface area contributed by atoms with Gasteiger partial charge in [0.2, 0.25) is 5.60 Å². The molecule has 0 saturated heterocycles. The predicted molar refractivity (Wildman–Crippen MR) is 38.3 cm³/mol. The molecule has 68 valence electrons. The quantitative estimate of drug-likeness (QED) is 0.338. The van der Waals surface area contributed by atoms with E-state index in [0.29, 0.717) is 6.29 Å². The van der Waals surface area contributed by atoms with Crippen molar-refractivity contribution < 1.29 is 24.2 Å². The second-order valence-electron chi connectivity index (χ2n) is 2.28. The second kappa shape index (κ2) is 3.96. The van der Waals surface area contributed by atoms with E-state index in [0.717, 1.165) is 14.0 Å². The summed E-state index contributed by atoms with van der Waals surface area (Å²) in [5.41, 5.74) is -2.31. The minimum atomic E-state index is -2.31. The highest BCUT2D eigenvalue weighted by atomic mass is 16.5. The summed E-state index contributed by atoms with van der Waals surface area (Å²) in [6.07, 6.45) is -0.284. The van der Waals surface area contributed by atoms with Gasteiger partial charge in [-0.1, -0.05) is 0 Å². The van der Waals surface area contributed by atoms with Gasteiger partial charge in [0.15, 0.2) is 5.78 Å². The number of carbonyl (C=O) groups is 3. The van der Waals surface area contributed by atoms with Gasteiger partial charge >= 0.3 is 5.97 Å². The molecule has 0 aromatic carbocycles. The minimum Gasteiger partial charge on any atom is -0.467 e. The maximum atomic E-state index is 10.8. The van der Waals surface area contributed by atoms with E-state index in [4.69, 9.17) is 0 Å². The number of methoxy groups -OCH3 is 1. The Balaban J connectivity index is 4.72. The lowest BCUT2D eigenvalue weighted by Crippen LogP contribution is -2.46. The lowest BCUT2D eigenvalue weighted by molar-refractivity contribution is -0.168. The predicted octanol–water partition coefficient (Wildman–Crippen LogP) is -0.932. The Morgan fingerprint density at radius 2 is 2.08 bits per heavy atom. The van der Waals surface area contributed by atoms with Crippen molar-refractivity contribution in [1.29, 1.82) is 0 Å². The topological polar surface area (TPSA) is 80.7 Å². The molecule has 0 aliphatic rings. The Morgan fingerprint density at radius 1 is 1.58 bits per heavy atom. The highest BCUT2D eigenvalue weighted by Gasteiger charge is 2.41. The summed E-state index contributed by atoms with van der Waals surface area (Å²) in [6, 6.07) is 0. The molecule has 0 aromatic heterocycles. The van der Waals surface area contributed by atoms with Crippen molar-refractivity contribution in [2.24, 2.45) is 0 Å². The first-order valence-corrected chi connectivity index (χ1v) is 3.24. The van der Waals surface area contributed by atoms with Gasteiger partial charge in [0.25, 0.3) is 0 Å². The molecule has 12 heavy (non-hydrogen) atoms. The fourth-order valence-electron chi connectivity index (χ4n) is 0.660. The van der Waals surface area contributed by atoms with Gasteiger partial charge in [-0.25, -0.2) is 4.79 Å². The zero-order valence-corrected chi connectivity index (χ0v) is 6.86. The molecule has 0 bridgehead atoms. The van der Waals surface area contributed by atoms with Crippen molar-refractivity contribution in [3.8, 4) is 0 Å². The number of ketones is 1. The highest BCUT2D eigenvalue weighted by molar-refractivity contribution is 6.07. The monoisotopic (exact) mass is 174 g/mol. The molecule has 1 atom stereocenters. The highest BCUT2D eigenvalue weighted by Crippen LogP contribution is 2.11. The van der Waals surface area contributed by atoms with E-state index in [-0.39, 0.29) is 0 Å². The van der Waals surface area contributed by atoms with Gasteiger partial charge < -0.3 is 14.6 Å². The number of esters is 1. The van der Waals surface area contributed by atoms with Crippen molar-refractivity contribution in [3.63, 3.8) is 0 Å². The fourth-order valence-corrected chi connectivity index (χ4v) is 0.660. The number of carbonyl (C=O) groups excluding carboxylic acids is 3. The first-order valence-electron chi connectivity index (χ1n) is 3.24. The third kappa shape index (κ3) is 1.88. The zero-order valence-electron chi connectivity index (χ0n) is 6.86. The molecular weight excluding hydrogens is 164 g/mol. The Bertz CT molecular complexity index is 210. The van der Waals surface area contributed by atoms with Crippen molar-refractivity contribution in [2.75, 3.05) is 7.11 Å². The normalized spacial score (nSPS) is 14.6. The molecule has 1 N–H and O–H groups in total. The van der Waals surface area contributed by atoms with Crippen molar-refractivity contribution in [1.82, 2.24) is 0 Å². The standard InChI is InChI=1S/C7H10O5/c1-5(9)7(11,3-4-8)6(10)12-2/h4,11H,3H2,1-2H3. The van der Waals surface area contributed by atoms with Gasteiger partial charge in [0, 0.05) is 0 Å². The van der Waals surface area contributed by atoms with Crippen LogP contribution in [0.5, 0.6) is 0 Å². The van der Waals surface area contributed by atoms with Crippen LogP contribution in [0.4, 0.5) is 0 Å².